The van der Waals surface area contributed by atoms with Gasteiger partial charge >= 0.3 is 5.69 Å². The summed E-state index contributed by atoms with van der Waals surface area (Å²) in [5.74, 6) is 0.484. The fourth-order valence-corrected chi connectivity index (χ4v) is 4.26. The molecule has 2 N–H and O–H groups in total. The van der Waals surface area contributed by atoms with Gasteiger partial charge in [-0.15, -0.1) is 0 Å². The van der Waals surface area contributed by atoms with Crippen LogP contribution in [0.4, 0.5) is 23.0 Å². The second kappa shape index (κ2) is 11.3. The molecular formula is C28H34N8O2. The SMILES string of the molecule is C=CC(=O)Nc1cc(Nc2nccc(-n3c(=O)n(C(C)C)c4ccccc43)n2)ccc1N(C)CCN(C)C. The predicted molar refractivity (Wildman–Crippen MR) is 154 cm³/mol. The Morgan fingerprint density at radius 3 is 2.50 bits per heavy atom. The third-order valence-electron chi connectivity index (χ3n) is 6.16. The number of aromatic nitrogens is 4. The fourth-order valence-electron chi connectivity index (χ4n) is 4.26. The third kappa shape index (κ3) is 5.60. The molecule has 2 heterocycles. The Bertz CT molecular complexity index is 1520. The first-order chi connectivity index (χ1) is 18.2. The highest BCUT2D eigenvalue weighted by Gasteiger charge is 2.18. The van der Waals surface area contributed by atoms with Crippen LogP contribution < -0.4 is 21.2 Å². The number of fused-ring (bicyclic) bond motifs is 1. The molecule has 198 valence electrons. The van der Waals surface area contributed by atoms with Crippen molar-refractivity contribution < 1.29 is 4.79 Å². The minimum absolute atomic E-state index is 0.00773. The Hall–Kier alpha value is -4.44. The number of carbonyl (C=O) groups excluding carboxylic acids is 1. The van der Waals surface area contributed by atoms with E-state index in [-0.39, 0.29) is 17.6 Å². The smallest absolute Gasteiger partial charge is 0.335 e. The van der Waals surface area contributed by atoms with E-state index in [2.05, 4.69) is 37.0 Å². The number of rotatable bonds is 10. The molecule has 2 aromatic heterocycles. The van der Waals surface area contributed by atoms with Crippen molar-refractivity contribution in [1.29, 1.82) is 0 Å². The van der Waals surface area contributed by atoms with E-state index in [0.29, 0.717) is 23.1 Å². The summed E-state index contributed by atoms with van der Waals surface area (Å²) in [4.78, 5) is 38.7. The van der Waals surface area contributed by atoms with Crippen molar-refractivity contribution in [3.05, 3.63) is 77.9 Å². The average molecular weight is 515 g/mol. The van der Waals surface area contributed by atoms with E-state index in [9.17, 15) is 9.59 Å². The minimum atomic E-state index is -0.302. The molecular weight excluding hydrogens is 480 g/mol. The van der Waals surface area contributed by atoms with E-state index in [1.54, 1.807) is 21.4 Å². The van der Waals surface area contributed by atoms with Gasteiger partial charge < -0.3 is 20.4 Å². The van der Waals surface area contributed by atoms with Gasteiger partial charge in [0, 0.05) is 44.1 Å². The van der Waals surface area contributed by atoms with E-state index in [0.717, 1.165) is 29.8 Å². The summed E-state index contributed by atoms with van der Waals surface area (Å²) < 4.78 is 3.35. The van der Waals surface area contributed by atoms with Crippen LogP contribution in [0.3, 0.4) is 0 Å². The van der Waals surface area contributed by atoms with E-state index in [1.807, 2.05) is 77.5 Å². The second-order valence-electron chi connectivity index (χ2n) is 9.58. The number of hydrogen-bond acceptors (Lipinski definition) is 7. The van der Waals surface area contributed by atoms with Crippen LogP contribution in [0.5, 0.6) is 0 Å². The maximum atomic E-state index is 13.4. The summed E-state index contributed by atoms with van der Waals surface area (Å²) in [5, 5.41) is 6.10. The van der Waals surface area contributed by atoms with Crippen molar-refractivity contribution in [3.63, 3.8) is 0 Å². The van der Waals surface area contributed by atoms with E-state index < -0.39 is 0 Å². The van der Waals surface area contributed by atoms with E-state index in [1.165, 1.54) is 6.08 Å². The van der Waals surface area contributed by atoms with Crippen molar-refractivity contribution in [2.24, 2.45) is 0 Å². The molecule has 4 rings (SSSR count). The number of amides is 1. The molecule has 4 aromatic rings. The maximum absolute atomic E-state index is 13.4. The lowest BCUT2D eigenvalue weighted by molar-refractivity contribution is -0.111. The predicted octanol–water partition coefficient (Wildman–Crippen LogP) is 4.03. The van der Waals surface area contributed by atoms with E-state index >= 15 is 0 Å². The van der Waals surface area contributed by atoms with Crippen molar-refractivity contribution in [2.75, 3.05) is 49.8 Å². The molecule has 0 aliphatic heterocycles. The van der Waals surface area contributed by atoms with E-state index in [4.69, 9.17) is 0 Å². The number of likely N-dealkylation sites (N-methyl/N-ethyl adjacent to an activating group) is 2. The Labute approximate surface area is 222 Å². The Balaban J connectivity index is 1.69. The van der Waals surface area contributed by atoms with Gasteiger partial charge in [0.05, 0.1) is 22.4 Å². The van der Waals surface area contributed by atoms with Gasteiger partial charge in [-0.25, -0.2) is 14.3 Å². The second-order valence-corrected chi connectivity index (χ2v) is 9.58. The van der Waals surface area contributed by atoms with Crippen LogP contribution in [0.15, 0.2) is 72.2 Å². The zero-order valence-electron chi connectivity index (χ0n) is 22.5. The minimum Gasteiger partial charge on any atom is -0.372 e. The average Bonchev–Trinajstić information content (AvgIpc) is 3.19. The molecule has 0 saturated carbocycles. The maximum Gasteiger partial charge on any atom is 0.335 e. The molecule has 0 aliphatic carbocycles. The number of imidazole rings is 1. The first kappa shape index (κ1) is 26.6. The quantitative estimate of drug-likeness (QED) is 0.308. The molecule has 0 saturated heterocycles. The van der Waals surface area contributed by atoms with Gasteiger partial charge in [0.15, 0.2) is 0 Å². The summed E-state index contributed by atoms with van der Waals surface area (Å²) in [6, 6.07) is 15.0. The van der Waals surface area contributed by atoms with Gasteiger partial charge in [-0.3, -0.25) is 9.36 Å². The number of carbonyl (C=O) groups is 1. The number of anilines is 4. The normalized spacial score (nSPS) is 11.2. The van der Waals surface area contributed by atoms with Crippen molar-refractivity contribution in [1.82, 2.24) is 24.0 Å². The highest BCUT2D eigenvalue weighted by Crippen LogP contribution is 2.30. The Morgan fingerprint density at radius 2 is 1.82 bits per heavy atom. The number of nitrogens with zero attached hydrogens (tertiary/aromatic N) is 6. The highest BCUT2D eigenvalue weighted by molar-refractivity contribution is 6.01. The van der Waals surface area contributed by atoms with Crippen LogP contribution in [0.1, 0.15) is 19.9 Å². The molecule has 0 fully saturated rings. The zero-order chi connectivity index (χ0) is 27.4. The third-order valence-corrected chi connectivity index (χ3v) is 6.16. The molecule has 2 aromatic carbocycles. The van der Waals surface area contributed by atoms with Gasteiger partial charge in [-0.1, -0.05) is 18.7 Å². The molecule has 0 radical (unpaired) electrons. The summed E-state index contributed by atoms with van der Waals surface area (Å²) >= 11 is 0. The number of hydrogen-bond donors (Lipinski definition) is 2. The summed E-state index contributed by atoms with van der Waals surface area (Å²) in [6.07, 6.45) is 2.85. The molecule has 0 bridgehead atoms. The highest BCUT2D eigenvalue weighted by atomic mass is 16.2. The fraction of sp³-hybridized carbons (Fsp3) is 0.286. The van der Waals surface area contributed by atoms with Crippen LogP contribution in [0.25, 0.3) is 16.9 Å². The standard InChI is InChI=1S/C28H34N8O2/c1-7-26(37)31-21-18-20(12-13-22(21)34(6)17-16-33(4)5)30-27-29-15-14-25(32-27)36-24-11-9-8-10-23(24)35(19(2)3)28(36)38/h7-15,18-19H,1,16-17H2,2-6H3,(H,31,37)(H,29,30,32). The molecule has 0 aliphatic rings. The number of para-hydroxylation sites is 2. The van der Waals surface area contributed by atoms with Crippen molar-refractivity contribution >= 4 is 40.0 Å². The Kier molecular flexibility index (Phi) is 7.92. The zero-order valence-corrected chi connectivity index (χ0v) is 22.5. The summed E-state index contributed by atoms with van der Waals surface area (Å²) in [7, 11) is 6.02. The lowest BCUT2D eigenvalue weighted by atomic mass is 10.2. The first-order valence-corrected chi connectivity index (χ1v) is 12.5. The number of benzene rings is 2. The Morgan fingerprint density at radius 1 is 1.08 bits per heavy atom. The summed E-state index contributed by atoms with van der Waals surface area (Å²) in [6.45, 7) is 9.16. The van der Waals surface area contributed by atoms with Gasteiger partial charge in [0.1, 0.15) is 5.82 Å². The molecule has 1 amide bonds. The van der Waals surface area contributed by atoms with Crippen LogP contribution in [-0.4, -0.2) is 64.1 Å². The van der Waals surface area contributed by atoms with Gasteiger partial charge in [0.2, 0.25) is 11.9 Å². The monoisotopic (exact) mass is 514 g/mol. The van der Waals surface area contributed by atoms with Crippen LogP contribution in [0.2, 0.25) is 0 Å². The summed E-state index contributed by atoms with van der Waals surface area (Å²) in [5.41, 5.74) is 3.64. The lowest BCUT2D eigenvalue weighted by Gasteiger charge is -2.24. The molecule has 10 nitrogen and oxygen atoms in total. The van der Waals surface area contributed by atoms with Gasteiger partial charge in [-0.2, -0.15) is 4.98 Å². The number of nitrogens with one attached hydrogen (secondary N) is 2. The molecule has 0 unspecified atom stereocenters. The van der Waals surface area contributed by atoms with Crippen LogP contribution >= 0.6 is 0 Å². The largest absolute Gasteiger partial charge is 0.372 e. The van der Waals surface area contributed by atoms with Gasteiger partial charge in [0.25, 0.3) is 0 Å². The molecule has 38 heavy (non-hydrogen) atoms. The van der Waals surface area contributed by atoms with Crippen LogP contribution in [-0.2, 0) is 4.79 Å². The molecule has 10 heteroatoms. The van der Waals surface area contributed by atoms with Gasteiger partial charge in [-0.05, 0) is 64.4 Å². The first-order valence-electron chi connectivity index (χ1n) is 12.5. The topological polar surface area (TPSA) is 100 Å². The van der Waals surface area contributed by atoms with Crippen LogP contribution in [0, 0.1) is 0 Å². The van der Waals surface area contributed by atoms with Crippen molar-refractivity contribution in [2.45, 2.75) is 19.9 Å². The van der Waals surface area contributed by atoms with Crippen molar-refractivity contribution in [3.8, 4) is 5.82 Å². The molecule has 0 atom stereocenters. The molecule has 0 spiro atoms. The lowest BCUT2D eigenvalue weighted by Crippen LogP contribution is -2.29.